The molecule has 0 aliphatic carbocycles. The first-order valence-electron chi connectivity index (χ1n) is 9.40. The first-order valence-corrected chi connectivity index (χ1v) is 9.78. The second-order valence-corrected chi connectivity index (χ2v) is 7.55. The number of rotatable bonds is 5. The molecule has 0 saturated carbocycles. The average Bonchev–Trinajstić information content (AvgIpc) is 3.20. The molecule has 3 aromatic carbocycles. The Bertz CT molecular complexity index is 1290. The molecular weight excluding hydrogens is 434 g/mol. The van der Waals surface area contributed by atoms with E-state index in [2.05, 4.69) is 6.07 Å². The van der Waals surface area contributed by atoms with Gasteiger partial charge in [-0.1, -0.05) is 54.1 Å². The Kier molecular flexibility index (Phi) is 5.34. The second kappa shape index (κ2) is 8.13. The summed E-state index contributed by atoms with van der Waals surface area (Å²) in [7, 11) is 0. The lowest BCUT2D eigenvalue weighted by atomic mass is 9.74. The van der Waals surface area contributed by atoms with E-state index in [9.17, 15) is 25.5 Å². The van der Waals surface area contributed by atoms with Gasteiger partial charge in [-0.25, -0.2) is 0 Å². The van der Waals surface area contributed by atoms with E-state index in [4.69, 9.17) is 16.3 Å². The Morgan fingerprint density at radius 2 is 1.66 bits per heavy atom. The molecule has 3 aromatic rings. The fourth-order valence-electron chi connectivity index (χ4n) is 3.74. The maximum atomic E-state index is 11.8. The molecule has 9 heteroatoms. The standard InChI is InChI=1S/C23H14ClN3O5/c24-17-8-6-16(7-9-17)23(14-25)13-21(15-4-2-1-3-5-15)32-22(23)19-11-10-18(26(28)29)12-20(19)27(30)31/h1-13,22H/t22-,23-/m0/s1. The SMILES string of the molecule is N#C[C@]1(c2ccc(Cl)cc2)C=C(c2ccccc2)O[C@H]1c1ccc([N+](=O)[O-])cc1[N+](=O)[O-]. The van der Waals surface area contributed by atoms with Crippen LogP contribution in [0, 0.1) is 31.6 Å². The van der Waals surface area contributed by atoms with Crippen molar-refractivity contribution in [1.82, 2.24) is 0 Å². The molecule has 0 fully saturated rings. The predicted molar refractivity (Wildman–Crippen MR) is 117 cm³/mol. The molecule has 8 nitrogen and oxygen atoms in total. The third kappa shape index (κ3) is 3.55. The van der Waals surface area contributed by atoms with Crippen LogP contribution in [0.5, 0.6) is 0 Å². The molecule has 4 rings (SSSR count). The van der Waals surface area contributed by atoms with E-state index in [1.807, 2.05) is 6.07 Å². The van der Waals surface area contributed by atoms with Crippen LogP contribution in [-0.2, 0) is 10.2 Å². The van der Waals surface area contributed by atoms with Crippen molar-refractivity contribution in [1.29, 1.82) is 5.26 Å². The highest BCUT2D eigenvalue weighted by atomic mass is 35.5. The molecule has 0 unspecified atom stereocenters. The maximum absolute atomic E-state index is 11.8. The molecule has 0 spiro atoms. The summed E-state index contributed by atoms with van der Waals surface area (Å²) in [6.45, 7) is 0. The maximum Gasteiger partial charge on any atom is 0.283 e. The molecular formula is C23H14ClN3O5. The third-order valence-corrected chi connectivity index (χ3v) is 5.54. The summed E-state index contributed by atoms with van der Waals surface area (Å²) in [5.74, 6) is 0.375. The van der Waals surface area contributed by atoms with Crippen molar-refractivity contribution in [2.45, 2.75) is 11.5 Å². The van der Waals surface area contributed by atoms with Gasteiger partial charge in [0.1, 0.15) is 11.2 Å². The molecule has 32 heavy (non-hydrogen) atoms. The van der Waals surface area contributed by atoms with Crippen molar-refractivity contribution in [2.75, 3.05) is 0 Å². The zero-order chi connectivity index (χ0) is 22.9. The molecule has 1 aliphatic heterocycles. The molecule has 0 amide bonds. The Hall–Kier alpha value is -4.22. The summed E-state index contributed by atoms with van der Waals surface area (Å²) in [6, 6.07) is 21.1. The molecule has 0 radical (unpaired) electrons. The highest BCUT2D eigenvalue weighted by molar-refractivity contribution is 6.30. The molecule has 0 saturated heterocycles. The monoisotopic (exact) mass is 447 g/mol. The van der Waals surface area contributed by atoms with Crippen LogP contribution in [0.1, 0.15) is 22.8 Å². The second-order valence-electron chi connectivity index (χ2n) is 7.12. The normalized spacial score (nSPS) is 19.5. The molecule has 1 heterocycles. The molecule has 0 aromatic heterocycles. The van der Waals surface area contributed by atoms with Crippen LogP contribution in [0.15, 0.2) is 78.9 Å². The molecule has 1 aliphatic rings. The number of nitro groups is 2. The zero-order valence-electron chi connectivity index (χ0n) is 16.3. The van der Waals surface area contributed by atoms with Crippen molar-refractivity contribution in [3.63, 3.8) is 0 Å². The summed E-state index contributed by atoms with van der Waals surface area (Å²) in [5, 5.41) is 33.7. The number of halogens is 1. The number of hydrogen-bond acceptors (Lipinski definition) is 6. The smallest absolute Gasteiger partial charge is 0.283 e. The highest BCUT2D eigenvalue weighted by Gasteiger charge is 2.50. The van der Waals surface area contributed by atoms with Crippen LogP contribution in [0.2, 0.25) is 5.02 Å². The van der Waals surface area contributed by atoms with E-state index in [0.29, 0.717) is 21.9 Å². The number of hydrogen-bond donors (Lipinski definition) is 0. The van der Waals surface area contributed by atoms with Gasteiger partial charge in [-0.3, -0.25) is 20.2 Å². The summed E-state index contributed by atoms with van der Waals surface area (Å²) in [6.07, 6.45) is 0.506. The highest BCUT2D eigenvalue weighted by Crippen LogP contribution is 2.52. The van der Waals surface area contributed by atoms with Gasteiger partial charge in [0.15, 0.2) is 6.10 Å². The van der Waals surface area contributed by atoms with E-state index in [0.717, 1.165) is 12.1 Å². The Labute approximate surface area is 187 Å². The van der Waals surface area contributed by atoms with Crippen molar-refractivity contribution in [2.24, 2.45) is 0 Å². The van der Waals surface area contributed by atoms with E-state index >= 15 is 0 Å². The van der Waals surface area contributed by atoms with Gasteiger partial charge in [0, 0.05) is 16.7 Å². The summed E-state index contributed by atoms with van der Waals surface area (Å²) >= 11 is 6.02. The number of ether oxygens (including phenoxy) is 1. The van der Waals surface area contributed by atoms with E-state index < -0.39 is 32.7 Å². The Morgan fingerprint density at radius 1 is 0.969 bits per heavy atom. The first kappa shape index (κ1) is 21.0. The van der Waals surface area contributed by atoms with Crippen molar-refractivity contribution in [3.05, 3.63) is 121 Å². The fraction of sp³-hybridized carbons (Fsp3) is 0.0870. The van der Waals surface area contributed by atoms with E-state index in [-0.39, 0.29) is 5.56 Å². The fourth-order valence-corrected chi connectivity index (χ4v) is 3.87. The van der Waals surface area contributed by atoms with Crippen LogP contribution in [0.25, 0.3) is 5.76 Å². The lowest BCUT2D eigenvalue weighted by Gasteiger charge is -2.27. The molecule has 158 valence electrons. The minimum absolute atomic E-state index is 0.0549. The summed E-state index contributed by atoms with van der Waals surface area (Å²) < 4.78 is 6.15. The van der Waals surface area contributed by atoms with Gasteiger partial charge in [0.2, 0.25) is 0 Å². The number of nitriles is 1. The Balaban J connectivity index is 1.95. The van der Waals surface area contributed by atoms with Crippen molar-refractivity contribution in [3.8, 4) is 6.07 Å². The summed E-state index contributed by atoms with van der Waals surface area (Å²) in [5.41, 5.74) is -1.10. The van der Waals surface area contributed by atoms with Gasteiger partial charge in [-0.15, -0.1) is 0 Å². The largest absolute Gasteiger partial charge is 0.483 e. The zero-order valence-corrected chi connectivity index (χ0v) is 17.1. The van der Waals surface area contributed by atoms with Gasteiger partial charge < -0.3 is 4.74 Å². The van der Waals surface area contributed by atoms with Gasteiger partial charge >= 0.3 is 0 Å². The number of non-ortho nitro benzene ring substituents is 1. The van der Waals surface area contributed by atoms with Crippen LogP contribution < -0.4 is 0 Å². The average molecular weight is 448 g/mol. The number of nitro benzene ring substituents is 2. The lowest BCUT2D eigenvalue weighted by molar-refractivity contribution is -0.394. The summed E-state index contributed by atoms with van der Waals surface area (Å²) in [4.78, 5) is 21.5. The van der Waals surface area contributed by atoms with Gasteiger partial charge in [0.05, 0.1) is 27.5 Å². The van der Waals surface area contributed by atoms with E-state index in [1.54, 1.807) is 54.6 Å². The number of nitrogens with zero attached hydrogens (tertiary/aromatic N) is 3. The van der Waals surface area contributed by atoms with E-state index in [1.165, 1.54) is 6.07 Å². The predicted octanol–water partition coefficient (Wildman–Crippen LogP) is 5.73. The third-order valence-electron chi connectivity index (χ3n) is 5.29. The minimum atomic E-state index is -1.43. The van der Waals surface area contributed by atoms with Gasteiger partial charge in [-0.05, 0) is 29.8 Å². The minimum Gasteiger partial charge on any atom is -0.483 e. The molecule has 0 bridgehead atoms. The van der Waals surface area contributed by atoms with Crippen LogP contribution in [0.4, 0.5) is 11.4 Å². The quantitative estimate of drug-likeness (QED) is 0.364. The lowest BCUT2D eigenvalue weighted by Crippen LogP contribution is -2.28. The first-order chi connectivity index (χ1) is 15.4. The van der Waals surface area contributed by atoms with Crippen molar-refractivity contribution >= 4 is 28.7 Å². The van der Waals surface area contributed by atoms with Crippen LogP contribution in [0.3, 0.4) is 0 Å². The molecule has 0 N–H and O–H groups in total. The van der Waals surface area contributed by atoms with Gasteiger partial charge in [-0.2, -0.15) is 5.26 Å². The molecule has 2 atom stereocenters. The van der Waals surface area contributed by atoms with Gasteiger partial charge in [0.25, 0.3) is 11.4 Å². The topological polar surface area (TPSA) is 119 Å². The van der Waals surface area contributed by atoms with Crippen LogP contribution in [-0.4, -0.2) is 9.85 Å². The number of benzene rings is 3. The Morgan fingerprint density at radius 3 is 2.25 bits per heavy atom. The van der Waals surface area contributed by atoms with Crippen molar-refractivity contribution < 1.29 is 14.6 Å². The van der Waals surface area contributed by atoms with Crippen LogP contribution >= 0.6 is 11.6 Å².